The Morgan fingerprint density at radius 2 is 1.59 bits per heavy atom. The number of para-hydroxylation sites is 1. The summed E-state index contributed by atoms with van der Waals surface area (Å²) in [5.74, 6) is 2.53. The van der Waals surface area contributed by atoms with Crippen LogP contribution in [0.1, 0.15) is 50.2 Å². The lowest BCUT2D eigenvalue weighted by molar-refractivity contribution is 0.281. The fourth-order valence-corrected chi connectivity index (χ4v) is 2.99. The molecule has 0 aliphatic heterocycles. The van der Waals surface area contributed by atoms with E-state index in [4.69, 9.17) is 14.2 Å². The van der Waals surface area contributed by atoms with Crippen LogP contribution in [-0.2, 0) is 13.1 Å². The Morgan fingerprint density at radius 1 is 0.815 bits per heavy atom. The summed E-state index contributed by atoms with van der Waals surface area (Å²) in [4.78, 5) is 0. The Hall–Kier alpha value is -2.20. The van der Waals surface area contributed by atoms with E-state index in [0.717, 1.165) is 48.9 Å². The van der Waals surface area contributed by atoms with E-state index in [1.165, 1.54) is 31.2 Å². The zero-order valence-corrected chi connectivity index (χ0v) is 16.9. The second kappa shape index (κ2) is 12.2. The predicted molar refractivity (Wildman–Crippen MR) is 111 cm³/mol. The van der Waals surface area contributed by atoms with E-state index in [1.807, 2.05) is 24.3 Å². The molecule has 0 spiro atoms. The van der Waals surface area contributed by atoms with Crippen molar-refractivity contribution in [1.29, 1.82) is 0 Å². The monoisotopic (exact) mass is 371 g/mol. The molecule has 0 heterocycles. The van der Waals surface area contributed by atoms with E-state index in [9.17, 15) is 0 Å². The van der Waals surface area contributed by atoms with Crippen molar-refractivity contribution in [3.05, 3.63) is 53.6 Å². The third-order valence-corrected chi connectivity index (χ3v) is 4.58. The van der Waals surface area contributed by atoms with Crippen molar-refractivity contribution in [2.45, 2.75) is 52.1 Å². The van der Waals surface area contributed by atoms with E-state index < -0.39 is 0 Å². The second-order valence-corrected chi connectivity index (χ2v) is 6.66. The summed E-state index contributed by atoms with van der Waals surface area (Å²) in [7, 11) is 3.37. The minimum Gasteiger partial charge on any atom is -0.497 e. The van der Waals surface area contributed by atoms with Gasteiger partial charge >= 0.3 is 0 Å². The van der Waals surface area contributed by atoms with Gasteiger partial charge in [-0.05, 0) is 30.2 Å². The standard InChI is InChI=1S/C23H33NO3/c1-4-5-6-7-8-16-27-23-20(10-9-11-22(23)26-3)18-24-17-19-12-14-21(25-2)15-13-19/h9-15,24H,4-8,16-18H2,1-3H3. The van der Waals surface area contributed by atoms with E-state index in [-0.39, 0.29) is 0 Å². The number of rotatable bonds is 13. The number of methoxy groups -OCH3 is 2. The van der Waals surface area contributed by atoms with Gasteiger partial charge in [-0.2, -0.15) is 0 Å². The Balaban J connectivity index is 1.88. The molecule has 0 unspecified atom stereocenters. The molecule has 0 radical (unpaired) electrons. The first-order valence-electron chi connectivity index (χ1n) is 9.90. The molecule has 4 nitrogen and oxygen atoms in total. The van der Waals surface area contributed by atoms with Crippen LogP contribution in [0.3, 0.4) is 0 Å². The van der Waals surface area contributed by atoms with Crippen LogP contribution in [0.25, 0.3) is 0 Å². The highest BCUT2D eigenvalue weighted by molar-refractivity contribution is 5.46. The highest BCUT2D eigenvalue weighted by atomic mass is 16.5. The molecule has 0 saturated carbocycles. The van der Waals surface area contributed by atoms with Crippen LogP contribution in [0.2, 0.25) is 0 Å². The Kier molecular flexibility index (Phi) is 9.56. The van der Waals surface area contributed by atoms with Crippen LogP contribution in [0, 0.1) is 0 Å². The topological polar surface area (TPSA) is 39.7 Å². The summed E-state index contributed by atoms with van der Waals surface area (Å²) in [6.45, 7) is 4.48. The van der Waals surface area contributed by atoms with Gasteiger partial charge in [-0.15, -0.1) is 0 Å². The summed E-state index contributed by atoms with van der Waals surface area (Å²) < 4.78 is 16.8. The van der Waals surface area contributed by atoms with Gasteiger partial charge in [-0.1, -0.05) is 56.9 Å². The molecule has 2 rings (SSSR count). The van der Waals surface area contributed by atoms with Crippen LogP contribution in [0.15, 0.2) is 42.5 Å². The lowest BCUT2D eigenvalue weighted by Crippen LogP contribution is -2.14. The molecule has 27 heavy (non-hydrogen) atoms. The minimum atomic E-state index is 0.731. The Morgan fingerprint density at radius 3 is 2.30 bits per heavy atom. The van der Waals surface area contributed by atoms with Gasteiger partial charge in [0.15, 0.2) is 11.5 Å². The third-order valence-electron chi connectivity index (χ3n) is 4.58. The van der Waals surface area contributed by atoms with Crippen LogP contribution in [0.4, 0.5) is 0 Å². The summed E-state index contributed by atoms with van der Waals surface area (Å²) in [6, 6.07) is 14.2. The van der Waals surface area contributed by atoms with Crippen molar-refractivity contribution in [2.24, 2.45) is 0 Å². The van der Waals surface area contributed by atoms with Gasteiger partial charge < -0.3 is 19.5 Å². The van der Waals surface area contributed by atoms with Crippen molar-refractivity contribution in [1.82, 2.24) is 5.32 Å². The number of ether oxygens (including phenoxy) is 3. The van der Waals surface area contributed by atoms with Crippen LogP contribution >= 0.6 is 0 Å². The van der Waals surface area contributed by atoms with Crippen molar-refractivity contribution < 1.29 is 14.2 Å². The SMILES string of the molecule is CCCCCCCOc1c(CNCc2ccc(OC)cc2)cccc1OC. The fourth-order valence-electron chi connectivity index (χ4n) is 2.99. The molecule has 2 aromatic rings. The molecule has 0 aromatic heterocycles. The third kappa shape index (κ3) is 7.14. The number of hydrogen-bond acceptors (Lipinski definition) is 4. The quantitative estimate of drug-likeness (QED) is 0.482. The normalized spacial score (nSPS) is 10.6. The maximum atomic E-state index is 6.09. The van der Waals surface area contributed by atoms with Crippen LogP contribution in [0.5, 0.6) is 17.2 Å². The lowest BCUT2D eigenvalue weighted by atomic mass is 10.1. The summed E-state index contributed by atoms with van der Waals surface area (Å²) in [6.07, 6.45) is 6.14. The predicted octanol–water partition coefficient (Wildman–Crippen LogP) is 5.34. The van der Waals surface area contributed by atoms with Gasteiger partial charge in [0.2, 0.25) is 0 Å². The molecular weight excluding hydrogens is 338 g/mol. The summed E-state index contributed by atoms with van der Waals surface area (Å²) in [5, 5.41) is 3.49. The van der Waals surface area contributed by atoms with Crippen molar-refractivity contribution in [2.75, 3.05) is 20.8 Å². The number of hydrogen-bond donors (Lipinski definition) is 1. The Labute approximate surface area is 163 Å². The molecular formula is C23H33NO3. The summed E-state index contributed by atoms with van der Waals surface area (Å²) in [5.41, 5.74) is 2.34. The fraction of sp³-hybridized carbons (Fsp3) is 0.478. The highest BCUT2D eigenvalue weighted by Crippen LogP contribution is 2.31. The highest BCUT2D eigenvalue weighted by Gasteiger charge is 2.10. The molecule has 0 aliphatic rings. The van der Waals surface area contributed by atoms with Crippen molar-refractivity contribution >= 4 is 0 Å². The average molecular weight is 372 g/mol. The van der Waals surface area contributed by atoms with Crippen molar-refractivity contribution in [3.8, 4) is 17.2 Å². The van der Waals surface area contributed by atoms with Gasteiger partial charge in [0.1, 0.15) is 5.75 Å². The molecule has 148 valence electrons. The van der Waals surface area contributed by atoms with E-state index in [0.29, 0.717) is 0 Å². The summed E-state index contributed by atoms with van der Waals surface area (Å²) >= 11 is 0. The molecule has 2 aromatic carbocycles. The van der Waals surface area contributed by atoms with Gasteiger partial charge in [0.25, 0.3) is 0 Å². The smallest absolute Gasteiger partial charge is 0.165 e. The molecule has 0 amide bonds. The van der Waals surface area contributed by atoms with Gasteiger partial charge in [0, 0.05) is 18.7 Å². The Bertz CT molecular complexity index is 655. The second-order valence-electron chi connectivity index (χ2n) is 6.66. The first-order chi connectivity index (χ1) is 13.3. The average Bonchev–Trinajstić information content (AvgIpc) is 2.71. The van der Waals surface area contributed by atoms with E-state index >= 15 is 0 Å². The zero-order valence-electron chi connectivity index (χ0n) is 16.9. The van der Waals surface area contributed by atoms with Gasteiger partial charge in [-0.25, -0.2) is 0 Å². The van der Waals surface area contributed by atoms with Gasteiger partial charge in [0.05, 0.1) is 20.8 Å². The maximum absolute atomic E-state index is 6.09. The molecule has 4 heteroatoms. The largest absolute Gasteiger partial charge is 0.497 e. The van der Waals surface area contributed by atoms with E-state index in [2.05, 4.69) is 30.4 Å². The van der Waals surface area contributed by atoms with Crippen LogP contribution < -0.4 is 19.5 Å². The van der Waals surface area contributed by atoms with E-state index in [1.54, 1.807) is 14.2 Å². The zero-order chi connectivity index (χ0) is 19.3. The van der Waals surface area contributed by atoms with Crippen molar-refractivity contribution in [3.63, 3.8) is 0 Å². The molecule has 0 saturated heterocycles. The van der Waals surface area contributed by atoms with Gasteiger partial charge in [-0.3, -0.25) is 0 Å². The number of unbranched alkanes of at least 4 members (excludes halogenated alkanes) is 4. The molecule has 0 bridgehead atoms. The van der Waals surface area contributed by atoms with Crippen LogP contribution in [-0.4, -0.2) is 20.8 Å². The molecule has 0 fully saturated rings. The molecule has 1 N–H and O–H groups in total. The number of benzene rings is 2. The number of nitrogens with one attached hydrogen (secondary N) is 1. The maximum Gasteiger partial charge on any atom is 0.165 e. The minimum absolute atomic E-state index is 0.731. The molecule has 0 aliphatic carbocycles. The molecule has 0 atom stereocenters. The first-order valence-corrected chi connectivity index (χ1v) is 9.90. The first kappa shape index (κ1) is 21.1. The lowest BCUT2D eigenvalue weighted by Gasteiger charge is -2.16.